The molecular formula is C13H20N2OS. The first kappa shape index (κ1) is 12.6. The predicted molar refractivity (Wildman–Crippen MR) is 71.8 cm³/mol. The lowest BCUT2D eigenvalue weighted by molar-refractivity contribution is 0.0714. The number of nitrogens with one attached hydrogen (secondary N) is 1. The van der Waals surface area contributed by atoms with E-state index in [1.807, 2.05) is 11.0 Å². The molecular weight excluding hydrogens is 232 g/mol. The van der Waals surface area contributed by atoms with Gasteiger partial charge in [-0.05, 0) is 31.9 Å². The van der Waals surface area contributed by atoms with Crippen molar-refractivity contribution in [1.82, 2.24) is 10.2 Å². The molecule has 2 rings (SSSR count). The number of nitrogens with zero attached hydrogens (tertiary/aromatic N) is 1. The number of carbonyl (C=O) groups is 1. The van der Waals surface area contributed by atoms with Crippen LogP contribution in [0.15, 0.2) is 6.07 Å². The summed E-state index contributed by atoms with van der Waals surface area (Å²) in [6.07, 6.45) is 1.02. The Morgan fingerprint density at radius 1 is 1.65 bits per heavy atom. The molecule has 17 heavy (non-hydrogen) atoms. The lowest BCUT2D eigenvalue weighted by Crippen LogP contribution is -2.51. The van der Waals surface area contributed by atoms with Gasteiger partial charge in [0.1, 0.15) is 0 Å². The highest BCUT2D eigenvalue weighted by Crippen LogP contribution is 2.24. The molecule has 1 N–H and O–H groups in total. The van der Waals surface area contributed by atoms with E-state index in [9.17, 15) is 4.79 Å². The van der Waals surface area contributed by atoms with Gasteiger partial charge in [0.25, 0.3) is 5.91 Å². The SMILES string of the molecule is CCc1sc(C(=O)N2CCN[C@@H](C)C2)cc1C. The van der Waals surface area contributed by atoms with Gasteiger partial charge in [-0.25, -0.2) is 0 Å². The average molecular weight is 252 g/mol. The molecule has 0 aliphatic carbocycles. The summed E-state index contributed by atoms with van der Waals surface area (Å²) in [5, 5.41) is 3.36. The minimum atomic E-state index is 0.200. The van der Waals surface area contributed by atoms with Crippen molar-refractivity contribution in [3.8, 4) is 0 Å². The molecule has 1 amide bonds. The Morgan fingerprint density at radius 2 is 2.41 bits per heavy atom. The number of aryl methyl sites for hydroxylation is 2. The molecule has 2 heterocycles. The third-order valence-corrected chi connectivity index (χ3v) is 4.58. The molecule has 1 atom stereocenters. The second kappa shape index (κ2) is 5.19. The van der Waals surface area contributed by atoms with Crippen molar-refractivity contribution in [1.29, 1.82) is 0 Å². The van der Waals surface area contributed by atoms with Gasteiger partial charge in [-0.15, -0.1) is 11.3 Å². The smallest absolute Gasteiger partial charge is 0.264 e. The monoisotopic (exact) mass is 252 g/mol. The molecule has 1 aromatic rings. The van der Waals surface area contributed by atoms with Crippen LogP contribution in [0.1, 0.15) is 34.0 Å². The summed E-state index contributed by atoms with van der Waals surface area (Å²) in [6, 6.07) is 2.44. The Morgan fingerprint density at radius 3 is 3.00 bits per heavy atom. The van der Waals surface area contributed by atoms with Crippen LogP contribution in [0.25, 0.3) is 0 Å². The zero-order chi connectivity index (χ0) is 12.4. The Balaban J connectivity index is 2.13. The van der Waals surface area contributed by atoms with E-state index in [1.165, 1.54) is 10.4 Å². The number of piperazine rings is 1. The van der Waals surface area contributed by atoms with Crippen LogP contribution >= 0.6 is 11.3 Å². The molecule has 0 spiro atoms. The number of rotatable bonds is 2. The summed E-state index contributed by atoms with van der Waals surface area (Å²) >= 11 is 1.65. The fourth-order valence-electron chi connectivity index (χ4n) is 2.25. The largest absolute Gasteiger partial charge is 0.335 e. The van der Waals surface area contributed by atoms with Crippen LogP contribution in [0, 0.1) is 6.92 Å². The van der Waals surface area contributed by atoms with Crippen LogP contribution in [0.2, 0.25) is 0 Å². The van der Waals surface area contributed by atoms with Crippen LogP contribution < -0.4 is 5.32 Å². The normalized spacial score (nSPS) is 20.6. The minimum Gasteiger partial charge on any atom is -0.335 e. The van der Waals surface area contributed by atoms with Gasteiger partial charge in [0, 0.05) is 30.6 Å². The Hall–Kier alpha value is -0.870. The predicted octanol–water partition coefficient (Wildman–Crippen LogP) is 2.05. The van der Waals surface area contributed by atoms with Crippen LogP contribution in [-0.2, 0) is 6.42 Å². The van der Waals surface area contributed by atoms with Crippen molar-refractivity contribution in [3.63, 3.8) is 0 Å². The van der Waals surface area contributed by atoms with Crippen molar-refractivity contribution >= 4 is 17.2 Å². The van der Waals surface area contributed by atoms with Crippen molar-refractivity contribution in [2.24, 2.45) is 0 Å². The molecule has 0 aromatic carbocycles. The van der Waals surface area contributed by atoms with Gasteiger partial charge in [-0.3, -0.25) is 4.79 Å². The van der Waals surface area contributed by atoms with Crippen molar-refractivity contribution < 1.29 is 4.79 Å². The molecule has 0 bridgehead atoms. The van der Waals surface area contributed by atoms with Gasteiger partial charge < -0.3 is 10.2 Å². The first-order valence-corrected chi connectivity index (χ1v) is 7.05. The highest BCUT2D eigenvalue weighted by Gasteiger charge is 2.23. The first-order chi connectivity index (χ1) is 8.11. The number of thiophene rings is 1. The van der Waals surface area contributed by atoms with Crippen molar-refractivity contribution in [3.05, 3.63) is 21.4 Å². The maximum absolute atomic E-state index is 12.3. The van der Waals surface area contributed by atoms with E-state index in [2.05, 4.69) is 26.1 Å². The van der Waals surface area contributed by atoms with Crippen LogP contribution in [-0.4, -0.2) is 36.5 Å². The highest BCUT2D eigenvalue weighted by molar-refractivity contribution is 7.14. The maximum Gasteiger partial charge on any atom is 0.264 e. The fraction of sp³-hybridized carbons (Fsp3) is 0.615. The lowest BCUT2D eigenvalue weighted by atomic mass is 10.2. The van der Waals surface area contributed by atoms with E-state index < -0.39 is 0 Å². The Kier molecular flexibility index (Phi) is 3.84. The quantitative estimate of drug-likeness (QED) is 0.873. The molecule has 1 aromatic heterocycles. The van der Waals surface area contributed by atoms with E-state index in [0.717, 1.165) is 30.9 Å². The Bertz CT molecular complexity index is 414. The van der Waals surface area contributed by atoms with Crippen molar-refractivity contribution in [2.75, 3.05) is 19.6 Å². The van der Waals surface area contributed by atoms with Crippen LogP contribution in [0.4, 0.5) is 0 Å². The zero-order valence-corrected chi connectivity index (χ0v) is 11.6. The van der Waals surface area contributed by atoms with Gasteiger partial charge in [0.2, 0.25) is 0 Å². The fourth-order valence-corrected chi connectivity index (χ4v) is 3.33. The van der Waals surface area contributed by atoms with Crippen LogP contribution in [0.3, 0.4) is 0 Å². The molecule has 1 saturated heterocycles. The molecule has 4 heteroatoms. The first-order valence-electron chi connectivity index (χ1n) is 6.23. The Labute approximate surface area is 107 Å². The number of hydrogen-bond acceptors (Lipinski definition) is 3. The summed E-state index contributed by atoms with van der Waals surface area (Å²) < 4.78 is 0. The van der Waals surface area contributed by atoms with Gasteiger partial charge >= 0.3 is 0 Å². The number of amides is 1. The molecule has 94 valence electrons. The molecule has 1 fully saturated rings. The van der Waals surface area contributed by atoms with Gasteiger partial charge in [0.15, 0.2) is 0 Å². The van der Waals surface area contributed by atoms with E-state index >= 15 is 0 Å². The topological polar surface area (TPSA) is 32.3 Å². The summed E-state index contributed by atoms with van der Waals surface area (Å²) in [4.78, 5) is 16.5. The summed E-state index contributed by atoms with van der Waals surface area (Å²) in [5.41, 5.74) is 1.25. The molecule has 0 saturated carbocycles. The summed E-state index contributed by atoms with van der Waals surface area (Å²) in [7, 11) is 0. The maximum atomic E-state index is 12.3. The third-order valence-electron chi connectivity index (χ3n) is 3.21. The van der Waals surface area contributed by atoms with Crippen molar-refractivity contribution in [2.45, 2.75) is 33.2 Å². The third kappa shape index (κ3) is 2.69. The zero-order valence-electron chi connectivity index (χ0n) is 10.7. The molecule has 3 nitrogen and oxygen atoms in total. The van der Waals surface area contributed by atoms with E-state index in [-0.39, 0.29) is 5.91 Å². The average Bonchev–Trinajstić information content (AvgIpc) is 2.69. The second-order valence-corrected chi connectivity index (χ2v) is 5.81. The van der Waals surface area contributed by atoms with Gasteiger partial charge in [0.05, 0.1) is 4.88 Å². The second-order valence-electron chi connectivity index (χ2n) is 4.68. The van der Waals surface area contributed by atoms with Gasteiger partial charge in [-0.2, -0.15) is 0 Å². The van der Waals surface area contributed by atoms with E-state index in [4.69, 9.17) is 0 Å². The minimum absolute atomic E-state index is 0.200. The summed E-state index contributed by atoms with van der Waals surface area (Å²) in [6.45, 7) is 8.89. The van der Waals surface area contributed by atoms with E-state index in [0.29, 0.717) is 6.04 Å². The number of hydrogen-bond donors (Lipinski definition) is 1. The molecule has 1 aliphatic heterocycles. The van der Waals surface area contributed by atoms with Gasteiger partial charge in [-0.1, -0.05) is 6.92 Å². The van der Waals surface area contributed by atoms with E-state index in [1.54, 1.807) is 11.3 Å². The highest BCUT2D eigenvalue weighted by atomic mass is 32.1. The molecule has 1 aliphatic rings. The number of carbonyl (C=O) groups excluding carboxylic acids is 1. The molecule has 0 radical (unpaired) electrons. The molecule has 0 unspecified atom stereocenters. The van der Waals surface area contributed by atoms with Crippen LogP contribution in [0.5, 0.6) is 0 Å². The lowest BCUT2D eigenvalue weighted by Gasteiger charge is -2.31. The standard InChI is InChI=1S/C13H20N2OS/c1-4-11-9(2)7-12(17-11)13(16)15-6-5-14-10(3)8-15/h7,10,14H,4-6,8H2,1-3H3/t10-/m0/s1. The summed E-state index contributed by atoms with van der Waals surface area (Å²) in [5.74, 6) is 0.200.